The molecule has 1 rings (SSSR count). The first kappa shape index (κ1) is 13.3. The minimum Gasteiger partial charge on any atom is -0.405 e. The highest BCUT2D eigenvalue weighted by atomic mass is 19.4. The minimum atomic E-state index is -4.80. The van der Waals surface area contributed by atoms with Crippen LogP contribution in [0.15, 0.2) is 6.20 Å². The Bertz CT molecular complexity index is 451. The van der Waals surface area contributed by atoms with E-state index in [1.165, 1.54) is 13.1 Å². The van der Waals surface area contributed by atoms with Crippen LogP contribution in [0, 0.1) is 18.3 Å². The zero-order valence-electron chi connectivity index (χ0n) is 9.01. The van der Waals surface area contributed by atoms with Crippen molar-refractivity contribution in [3.05, 3.63) is 23.0 Å². The van der Waals surface area contributed by atoms with Gasteiger partial charge in [-0.15, -0.1) is 13.2 Å². The molecular formula is C10H10F3N3O. The van der Waals surface area contributed by atoms with Crippen LogP contribution < -0.4 is 10.5 Å². The van der Waals surface area contributed by atoms with Crippen molar-refractivity contribution in [2.75, 3.05) is 0 Å². The molecule has 0 radical (unpaired) electrons. The molecule has 2 N–H and O–H groups in total. The lowest BCUT2D eigenvalue weighted by atomic mass is 10.1. The van der Waals surface area contributed by atoms with E-state index < -0.39 is 6.36 Å². The van der Waals surface area contributed by atoms with Crippen LogP contribution in [0.5, 0.6) is 5.75 Å². The van der Waals surface area contributed by atoms with Gasteiger partial charge in [0.05, 0.1) is 18.2 Å². The van der Waals surface area contributed by atoms with Crippen LogP contribution in [-0.2, 0) is 13.0 Å². The number of nitrogens with two attached hydrogens (primary N) is 1. The van der Waals surface area contributed by atoms with Gasteiger partial charge in [0.1, 0.15) is 5.75 Å². The Morgan fingerprint density at radius 2 is 2.18 bits per heavy atom. The second-order valence-electron chi connectivity index (χ2n) is 3.27. The third-order valence-electron chi connectivity index (χ3n) is 2.12. The summed E-state index contributed by atoms with van der Waals surface area (Å²) in [5.74, 6) is -0.380. The summed E-state index contributed by atoms with van der Waals surface area (Å²) in [5, 5.41) is 8.52. The number of alkyl halides is 3. The van der Waals surface area contributed by atoms with E-state index in [1.807, 2.05) is 0 Å². The first-order chi connectivity index (χ1) is 7.89. The molecule has 0 amide bonds. The van der Waals surface area contributed by atoms with Gasteiger partial charge < -0.3 is 10.5 Å². The highest BCUT2D eigenvalue weighted by Gasteiger charge is 2.33. The maximum Gasteiger partial charge on any atom is 0.573 e. The van der Waals surface area contributed by atoms with Gasteiger partial charge in [-0.1, -0.05) is 0 Å². The van der Waals surface area contributed by atoms with Crippen LogP contribution in [0.2, 0.25) is 0 Å². The third-order valence-corrected chi connectivity index (χ3v) is 2.12. The molecular weight excluding hydrogens is 235 g/mol. The predicted octanol–water partition coefficient (Wildman–Crippen LogP) is 1.81. The first-order valence-corrected chi connectivity index (χ1v) is 4.69. The van der Waals surface area contributed by atoms with Crippen LogP contribution >= 0.6 is 0 Å². The molecule has 0 bridgehead atoms. The van der Waals surface area contributed by atoms with Gasteiger partial charge in [0, 0.05) is 23.9 Å². The highest BCUT2D eigenvalue weighted by molar-refractivity contribution is 5.43. The molecule has 4 nitrogen and oxygen atoms in total. The van der Waals surface area contributed by atoms with Crippen LogP contribution in [-0.4, -0.2) is 11.3 Å². The fourth-order valence-corrected chi connectivity index (χ4v) is 1.36. The van der Waals surface area contributed by atoms with E-state index >= 15 is 0 Å². The largest absolute Gasteiger partial charge is 0.573 e. The molecule has 0 spiro atoms. The molecule has 1 heterocycles. The lowest BCUT2D eigenvalue weighted by molar-refractivity contribution is -0.275. The van der Waals surface area contributed by atoms with Gasteiger partial charge in [0.25, 0.3) is 0 Å². The van der Waals surface area contributed by atoms with E-state index in [4.69, 9.17) is 11.0 Å². The molecule has 0 saturated carbocycles. The fourth-order valence-electron chi connectivity index (χ4n) is 1.36. The van der Waals surface area contributed by atoms with Crippen molar-refractivity contribution >= 4 is 0 Å². The van der Waals surface area contributed by atoms with E-state index in [0.29, 0.717) is 5.69 Å². The molecule has 92 valence electrons. The molecule has 0 aliphatic rings. The molecule has 0 aliphatic heterocycles. The predicted molar refractivity (Wildman–Crippen MR) is 52.9 cm³/mol. The minimum absolute atomic E-state index is 0.00683. The van der Waals surface area contributed by atoms with Gasteiger partial charge in [-0.05, 0) is 6.92 Å². The van der Waals surface area contributed by atoms with Crippen molar-refractivity contribution in [1.82, 2.24) is 4.98 Å². The highest BCUT2D eigenvalue weighted by Crippen LogP contribution is 2.31. The average Bonchev–Trinajstić information content (AvgIpc) is 2.22. The number of aromatic nitrogens is 1. The van der Waals surface area contributed by atoms with Gasteiger partial charge >= 0.3 is 6.36 Å². The monoisotopic (exact) mass is 245 g/mol. The number of pyridine rings is 1. The quantitative estimate of drug-likeness (QED) is 0.881. The molecule has 0 saturated heterocycles. The second kappa shape index (κ2) is 5.01. The summed E-state index contributed by atoms with van der Waals surface area (Å²) in [6.07, 6.45) is -3.83. The zero-order chi connectivity index (χ0) is 13.1. The van der Waals surface area contributed by atoms with Crippen LogP contribution in [0.25, 0.3) is 0 Å². The molecule has 0 aromatic carbocycles. The van der Waals surface area contributed by atoms with E-state index in [1.54, 1.807) is 6.07 Å². The number of nitriles is 1. The molecule has 7 heteroatoms. The van der Waals surface area contributed by atoms with Crippen molar-refractivity contribution in [2.45, 2.75) is 26.3 Å². The van der Waals surface area contributed by atoms with Crippen LogP contribution in [0.1, 0.15) is 16.8 Å². The van der Waals surface area contributed by atoms with Crippen molar-refractivity contribution in [1.29, 1.82) is 5.26 Å². The maximum atomic E-state index is 12.2. The van der Waals surface area contributed by atoms with Crippen LogP contribution in [0.4, 0.5) is 13.2 Å². The lowest BCUT2D eigenvalue weighted by Gasteiger charge is -2.15. The van der Waals surface area contributed by atoms with E-state index in [0.717, 1.165) is 0 Å². The summed E-state index contributed by atoms with van der Waals surface area (Å²) < 4.78 is 40.6. The van der Waals surface area contributed by atoms with Gasteiger partial charge in [0.15, 0.2) is 0 Å². The summed E-state index contributed by atoms with van der Waals surface area (Å²) in [6.45, 7) is 1.43. The van der Waals surface area contributed by atoms with Gasteiger partial charge in [0.2, 0.25) is 0 Å². The zero-order valence-corrected chi connectivity index (χ0v) is 9.01. The Morgan fingerprint density at radius 3 is 2.65 bits per heavy atom. The number of rotatable bonds is 3. The number of hydrogen-bond acceptors (Lipinski definition) is 4. The van der Waals surface area contributed by atoms with Gasteiger partial charge in [-0.25, -0.2) is 0 Å². The van der Waals surface area contributed by atoms with Crippen LogP contribution in [0.3, 0.4) is 0 Å². The number of hydrogen-bond donors (Lipinski definition) is 1. The summed E-state index contributed by atoms with van der Waals surface area (Å²) in [5.41, 5.74) is 5.96. The summed E-state index contributed by atoms with van der Waals surface area (Å²) in [6, 6.07) is 1.76. The Morgan fingerprint density at radius 1 is 1.53 bits per heavy atom. The molecule has 1 aromatic rings. The van der Waals surface area contributed by atoms with E-state index in [2.05, 4.69) is 9.72 Å². The number of ether oxygens (including phenoxy) is 1. The molecule has 0 atom stereocenters. The topological polar surface area (TPSA) is 71.9 Å². The van der Waals surface area contributed by atoms with E-state index in [-0.39, 0.29) is 29.8 Å². The van der Waals surface area contributed by atoms with Gasteiger partial charge in [-0.3, -0.25) is 4.98 Å². The van der Waals surface area contributed by atoms with Crippen molar-refractivity contribution in [3.63, 3.8) is 0 Å². The van der Waals surface area contributed by atoms with E-state index in [9.17, 15) is 13.2 Å². The summed E-state index contributed by atoms with van der Waals surface area (Å²) in [7, 11) is 0. The lowest BCUT2D eigenvalue weighted by Crippen LogP contribution is -2.20. The smallest absolute Gasteiger partial charge is 0.405 e. The molecule has 1 aromatic heterocycles. The standard InChI is InChI=1S/C10H10F3N3O/c1-6-8(4-15)16-5-7(2-3-14)9(6)17-10(11,12)13/h5H,2,4,15H2,1H3. The third kappa shape index (κ3) is 3.32. The molecule has 0 fully saturated rings. The summed E-state index contributed by atoms with van der Waals surface area (Å²) in [4.78, 5) is 3.88. The average molecular weight is 245 g/mol. The Hall–Kier alpha value is -1.81. The molecule has 0 aliphatic carbocycles. The maximum absolute atomic E-state index is 12.2. The molecule has 0 unspecified atom stereocenters. The fraction of sp³-hybridized carbons (Fsp3) is 0.400. The number of halogens is 3. The SMILES string of the molecule is Cc1c(CN)ncc(CC#N)c1OC(F)(F)F. The van der Waals surface area contributed by atoms with Gasteiger partial charge in [-0.2, -0.15) is 5.26 Å². The van der Waals surface area contributed by atoms with Crippen molar-refractivity contribution < 1.29 is 17.9 Å². The Balaban J connectivity index is 3.25. The number of nitrogens with zero attached hydrogens (tertiary/aromatic N) is 2. The summed E-state index contributed by atoms with van der Waals surface area (Å²) >= 11 is 0. The Labute approximate surface area is 95.8 Å². The normalized spacial score (nSPS) is 11.1. The second-order valence-corrected chi connectivity index (χ2v) is 3.27. The Kier molecular flexibility index (Phi) is 3.91. The first-order valence-electron chi connectivity index (χ1n) is 4.69. The molecule has 17 heavy (non-hydrogen) atoms. The van der Waals surface area contributed by atoms with Crippen molar-refractivity contribution in [2.24, 2.45) is 5.73 Å². The van der Waals surface area contributed by atoms with Crippen molar-refractivity contribution in [3.8, 4) is 11.8 Å².